The molecule has 21 heavy (non-hydrogen) atoms. The van der Waals surface area contributed by atoms with Crippen molar-refractivity contribution in [3.8, 4) is 0 Å². The van der Waals surface area contributed by atoms with E-state index in [1.54, 1.807) is 10.8 Å². The van der Waals surface area contributed by atoms with Gasteiger partial charge in [0, 0.05) is 17.1 Å². The molecule has 0 aliphatic heterocycles. The minimum absolute atomic E-state index is 0.0671. The normalized spacial score (nSPS) is 10.8. The topological polar surface area (TPSA) is 60.7 Å². The molecule has 1 heterocycles. The average molecular weight is 286 g/mol. The number of ether oxygens (including phenoxy) is 1. The maximum absolute atomic E-state index is 11.8. The van der Waals surface area contributed by atoms with Gasteiger partial charge in [-0.1, -0.05) is 32.0 Å². The first-order valence-electron chi connectivity index (χ1n) is 6.77. The minimum atomic E-state index is -0.402. The van der Waals surface area contributed by atoms with Crippen molar-refractivity contribution in [1.82, 2.24) is 4.57 Å². The molecule has 0 fully saturated rings. The molecule has 0 radical (unpaired) electrons. The maximum Gasteiger partial charge on any atom is 0.325 e. The van der Waals surface area contributed by atoms with Gasteiger partial charge in [0.1, 0.15) is 6.54 Å². The summed E-state index contributed by atoms with van der Waals surface area (Å²) in [7, 11) is 0. The summed E-state index contributed by atoms with van der Waals surface area (Å²) in [4.78, 5) is 27.1. The fourth-order valence-electron chi connectivity index (χ4n) is 2.08. The zero-order valence-corrected chi connectivity index (χ0v) is 12.2. The van der Waals surface area contributed by atoms with E-state index in [-0.39, 0.29) is 18.4 Å². The van der Waals surface area contributed by atoms with Gasteiger partial charge in [0.2, 0.25) is 0 Å². The van der Waals surface area contributed by atoms with Gasteiger partial charge in [0.05, 0.1) is 12.2 Å². The Morgan fingerprint density at radius 1 is 1.33 bits per heavy atom. The molecule has 0 aliphatic carbocycles. The lowest BCUT2D eigenvalue weighted by molar-refractivity contribution is -0.145. The highest BCUT2D eigenvalue weighted by Crippen LogP contribution is 2.22. The maximum atomic E-state index is 11.8. The largest absolute Gasteiger partial charge is 0.464 e. The van der Waals surface area contributed by atoms with Crippen LogP contribution in [-0.2, 0) is 16.1 Å². The molecule has 0 saturated carbocycles. The number of hydrogen-bond donors (Lipinski definition) is 0. The van der Waals surface area contributed by atoms with E-state index in [1.165, 1.54) is 0 Å². The highest BCUT2D eigenvalue weighted by molar-refractivity contribution is 6.08. The van der Waals surface area contributed by atoms with E-state index in [0.717, 1.165) is 10.9 Å². The molecule has 0 unspecified atom stereocenters. The van der Waals surface area contributed by atoms with Crippen molar-refractivity contribution in [2.24, 2.45) is 10.9 Å². The molecule has 0 spiro atoms. The summed E-state index contributed by atoms with van der Waals surface area (Å²) >= 11 is 0. The first-order valence-corrected chi connectivity index (χ1v) is 6.77. The van der Waals surface area contributed by atoms with Gasteiger partial charge in [-0.15, -0.1) is 0 Å². The number of hydrogen-bond acceptors (Lipinski definition) is 3. The van der Waals surface area contributed by atoms with Crippen LogP contribution in [0.2, 0.25) is 0 Å². The molecule has 0 bridgehead atoms. The van der Waals surface area contributed by atoms with E-state index >= 15 is 0 Å². The summed E-state index contributed by atoms with van der Waals surface area (Å²) < 4.78 is 6.88. The lowest BCUT2D eigenvalue weighted by Gasteiger charge is -2.08. The van der Waals surface area contributed by atoms with Crippen LogP contribution in [-0.4, -0.2) is 29.8 Å². The second-order valence-corrected chi connectivity index (χ2v) is 5.23. The zero-order valence-electron chi connectivity index (χ0n) is 12.2. The summed E-state index contributed by atoms with van der Waals surface area (Å²) in [6, 6.07) is 7.37. The Labute approximate surface area is 123 Å². The second kappa shape index (κ2) is 6.35. The summed E-state index contributed by atoms with van der Waals surface area (Å²) in [5.41, 5.74) is 1.24. The fraction of sp³-hybridized carbons (Fsp3) is 0.312. The van der Waals surface area contributed by atoms with Crippen LogP contribution in [0.3, 0.4) is 0 Å². The van der Waals surface area contributed by atoms with Crippen molar-refractivity contribution in [2.45, 2.75) is 20.4 Å². The van der Waals surface area contributed by atoms with Crippen molar-refractivity contribution < 1.29 is 14.3 Å². The molecule has 110 valence electrons. The summed E-state index contributed by atoms with van der Waals surface area (Å²) in [6.07, 6.45) is 1.62. The molecule has 0 atom stereocenters. The Kier molecular flexibility index (Phi) is 4.52. The molecule has 1 aromatic heterocycles. The Morgan fingerprint density at radius 3 is 2.71 bits per heavy atom. The van der Waals surface area contributed by atoms with Crippen LogP contribution in [0.25, 0.3) is 10.9 Å². The van der Waals surface area contributed by atoms with Gasteiger partial charge in [0.25, 0.3) is 5.91 Å². The first-order chi connectivity index (χ1) is 10.0. The Balaban J connectivity index is 2.30. The average Bonchev–Trinajstić information content (AvgIpc) is 2.83. The van der Waals surface area contributed by atoms with Crippen LogP contribution in [0.15, 0.2) is 35.5 Å². The number of para-hydroxylation sites is 1. The SMILES string of the molecule is C=NC(=O)c1cn(CC(=O)OCC(C)C)c2ccccc12. The van der Waals surface area contributed by atoms with Gasteiger partial charge in [-0.25, -0.2) is 4.99 Å². The quantitative estimate of drug-likeness (QED) is 0.627. The highest BCUT2D eigenvalue weighted by atomic mass is 16.5. The summed E-state index contributed by atoms with van der Waals surface area (Å²) in [5.74, 6) is -0.437. The zero-order chi connectivity index (χ0) is 15.4. The third-order valence-electron chi connectivity index (χ3n) is 3.04. The van der Waals surface area contributed by atoms with Crippen LogP contribution in [0.4, 0.5) is 0 Å². The van der Waals surface area contributed by atoms with Crippen molar-refractivity contribution in [2.75, 3.05) is 6.61 Å². The number of rotatable bonds is 5. The molecule has 2 rings (SSSR count). The smallest absolute Gasteiger partial charge is 0.325 e. The van der Waals surface area contributed by atoms with Gasteiger partial charge in [-0.2, -0.15) is 0 Å². The molecule has 5 heteroatoms. The molecular formula is C16H18N2O3. The molecule has 1 aromatic carbocycles. The highest BCUT2D eigenvalue weighted by Gasteiger charge is 2.15. The molecule has 0 aliphatic rings. The van der Waals surface area contributed by atoms with E-state index in [2.05, 4.69) is 11.7 Å². The van der Waals surface area contributed by atoms with Gasteiger partial charge < -0.3 is 9.30 Å². The standard InChI is InChI=1S/C16H18N2O3/c1-11(2)10-21-15(19)9-18-8-13(16(20)17-3)12-6-4-5-7-14(12)18/h4-8,11H,3,9-10H2,1-2H3. The number of fused-ring (bicyclic) bond motifs is 1. The van der Waals surface area contributed by atoms with E-state index in [9.17, 15) is 9.59 Å². The van der Waals surface area contributed by atoms with E-state index in [0.29, 0.717) is 12.2 Å². The van der Waals surface area contributed by atoms with Crippen molar-refractivity contribution in [3.05, 3.63) is 36.0 Å². The van der Waals surface area contributed by atoms with Gasteiger partial charge >= 0.3 is 5.97 Å². The predicted octanol–water partition coefficient (Wildman–Crippen LogP) is 2.68. The lowest BCUT2D eigenvalue weighted by Crippen LogP contribution is -2.15. The number of carbonyl (C=O) groups is 2. The van der Waals surface area contributed by atoms with Crippen molar-refractivity contribution >= 4 is 29.5 Å². The van der Waals surface area contributed by atoms with E-state index in [4.69, 9.17) is 4.74 Å². The minimum Gasteiger partial charge on any atom is -0.464 e. The van der Waals surface area contributed by atoms with Gasteiger partial charge in [-0.05, 0) is 18.7 Å². The van der Waals surface area contributed by atoms with Gasteiger partial charge in [0.15, 0.2) is 0 Å². The van der Waals surface area contributed by atoms with Gasteiger partial charge in [-0.3, -0.25) is 9.59 Å². The second-order valence-electron chi connectivity index (χ2n) is 5.23. The van der Waals surface area contributed by atoms with Crippen LogP contribution < -0.4 is 0 Å². The molecule has 2 aromatic rings. The number of benzene rings is 1. The predicted molar refractivity (Wildman–Crippen MR) is 81.6 cm³/mol. The molecular weight excluding hydrogens is 268 g/mol. The first kappa shape index (κ1) is 15.0. The molecule has 0 N–H and O–H groups in total. The number of esters is 1. The number of nitrogens with zero attached hydrogens (tertiary/aromatic N) is 2. The Hall–Kier alpha value is -2.43. The third kappa shape index (κ3) is 3.37. The van der Waals surface area contributed by atoms with Crippen LogP contribution >= 0.6 is 0 Å². The molecule has 5 nitrogen and oxygen atoms in total. The van der Waals surface area contributed by atoms with Crippen LogP contribution in [0, 0.1) is 5.92 Å². The third-order valence-corrected chi connectivity index (χ3v) is 3.04. The van der Waals surface area contributed by atoms with Crippen molar-refractivity contribution in [1.29, 1.82) is 0 Å². The number of carbonyl (C=O) groups excluding carboxylic acids is 2. The summed E-state index contributed by atoms with van der Waals surface area (Å²) in [6.45, 7) is 7.67. The van der Waals surface area contributed by atoms with Crippen LogP contribution in [0.5, 0.6) is 0 Å². The molecule has 1 amide bonds. The van der Waals surface area contributed by atoms with E-state index < -0.39 is 5.91 Å². The van der Waals surface area contributed by atoms with Crippen LogP contribution in [0.1, 0.15) is 24.2 Å². The number of aliphatic imine (C=N–C) groups is 1. The lowest BCUT2D eigenvalue weighted by atomic mass is 10.2. The summed E-state index contributed by atoms with van der Waals surface area (Å²) in [5, 5.41) is 0.756. The number of amides is 1. The fourth-order valence-corrected chi connectivity index (χ4v) is 2.08. The van der Waals surface area contributed by atoms with E-state index in [1.807, 2.05) is 38.1 Å². The number of aromatic nitrogens is 1. The van der Waals surface area contributed by atoms with Crippen molar-refractivity contribution in [3.63, 3.8) is 0 Å². The Bertz CT molecular complexity index is 686. The molecule has 0 saturated heterocycles. The Morgan fingerprint density at radius 2 is 2.05 bits per heavy atom. The monoisotopic (exact) mass is 286 g/mol.